The van der Waals surface area contributed by atoms with Gasteiger partial charge in [0.05, 0.1) is 16.9 Å². The molecule has 2 aromatic carbocycles. The van der Waals surface area contributed by atoms with Gasteiger partial charge in [0, 0.05) is 23.9 Å². The molecule has 170 valence electrons. The molecule has 0 spiro atoms. The van der Waals surface area contributed by atoms with Crippen molar-refractivity contribution in [1.82, 2.24) is 19.9 Å². The number of aromatic nitrogens is 3. The Labute approximate surface area is 193 Å². The topological polar surface area (TPSA) is 131 Å². The highest BCUT2D eigenvalue weighted by atomic mass is 35.5. The molecular formula is C21H18ClFN6O3S. The second kappa shape index (κ2) is 8.68. The van der Waals surface area contributed by atoms with Crippen molar-refractivity contribution in [2.75, 3.05) is 17.0 Å². The number of hydrogen-bond acceptors (Lipinski definition) is 6. The predicted molar refractivity (Wildman–Crippen MR) is 123 cm³/mol. The number of nitrogens with one attached hydrogen (secondary N) is 2. The van der Waals surface area contributed by atoms with Crippen LogP contribution in [0.25, 0.3) is 16.8 Å². The van der Waals surface area contributed by atoms with Gasteiger partial charge in [0.15, 0.2) is 5.65 Å². The molecule has 0 unspecified atom stereocenters. The normalized spacial score (nSPS) is 11.5. The van der Waals surface area contributed by atoms with E-state index in [1.54, 1.807) is 13.0 Å². The lowest BCUT2D eigenvalue weighted by atomic mass is 10.1. The fourth-order valence-corrected chi connectivity index (χ4v) is 4.81. The summed E-state index contributed by atoms with van der Waals surface area (Å²) in [5, 5.41) is 6.79. The van der Waals surface area contributed by atoms with E-state index in [-0.39, 0.29) is 49.7 Å². The Morgan fingerprint density at radius 1 is 1.18 bits per heavy atom. The predicted octanol–water partition coefficient (Wildman–Crippen LogP) is 3.32. The summed E-state index contributed by atoms with van der Waals surface area (Å²) in [5.74, 6) is -1.02. The van der Waals surface area contributed by atoms with Crippen molar-refractivity contribution < 1.29 is 17.6 Å². The SMILES string of the molecule is CCNC(=O)c1cnn2c(N)c(-c3ccc(NS(=O)(=O)c4ccccc4Cl)cc3F)cnc12. The molecule has 0 radical (unpaired) electrons. The molecule has 1 amide bonds. The molecule has 0 fully saturated rings. The highest BCUT2D eigenvalue weighted by Crippen LogP contribution is 2.31. The number of anilines is 2. The van der Waals surface area contributed by atoms with E-state index in [4.69, 9.17) is 17.3 Å². The van der Waals surface area contributed by atoms with Gasteiger partial charge in [-0.2, -0.15) is 9.61 Å². The maximum absolute atomic E-state index is 15.0. The van der Waals surface area contributed by atoms with Gasteiger partial charge in [-0.15, -0.1) is 0 Å². The van der Waals surface area contributed by atoms with Crippen LogP contribution in [0.4, 0.5) is 15.9 Å². The van der Waals surface area contributed by atoms with Gasteiger partial charge in [-0.1, -0.05) is 23.7 Å². The zero-order valence-electron chi connectivity index (χ0n) is 17.2. The number of carbonyl (C=O) groups is 1. The molecule has 4 rings (SSSR count). The number of amides is 1. The standard InChI is InChI=1S/C21H18ClFN6O3S/c1-2-25-21(30)15-11-27-29-19(24)14(10-26-20(15)29)13-8-7-12(9-17(13)23)28-33(31,32)18-6-4-3-5-16(18)22/h3-11,28H,2,24H2,1H3,(H,25,30). The monoisotopic (exact) mass is 488 g/mol. The van der Waals surface area contributed by atoms with Gasteiger partial charge in [0.25, 0.3) is 15.9 Å². The molecule has 0 saturated heterocycles. The van der Waals surface area contributed by atoms with Crippen LogP contribution in [0.3, 0.4) is 0 Å². The van der Waals surface area contributed by atoms with Crippen molar-refractivity contribution in [2.24, 2.45) is 0 Å². The summed E-state index contributed by atoms with van der Waals surface area (Å²) in [5.41, 5.74) is 6.95. The molecule has 0 bridgehead atoms. The Balaban J connectivity index is 1.68. The highest BCUT2D eigenvalue weighted by molar-refractivity contribution is 7.92. The highest BCUT2D eigenvalue weighted by Gasteiger charge is 2.21. The minimum atomic E-state index is -4.02. The zero-order chi connectivity index (χ0) is 23.8. The number of nitrogen functional groups attached to an aromatic ring is 1. The van der Waals surface area contributed by atoms with E-state index >= 15 is 0 Å². The van der Waals surface area contributed by atoms with Crippen molar-refractivity contribution in [3.05, 3.63) is 71.3 Å². The molecule has 2 aromatic heterocycles. The van der Waals surface area contributed by atoms with Crippen LogP contribution >= 0.6 is 11.6 Å². The maximum Gasteiger partial charge on any atom is 0.263 e. The number of nitrogens with two attached hydrogens (primary N) is 1. The molecule has 4 aromatic rings. The van der Waals surface area contributed by atoms with E-state index in [1.165, 1.54) is 47.2 Å². The molecular weight excluding hydrogens is 471 g/mol. The summed E-state index contributed by atoms with van der Waals surface area (Å²) < 4.78 is 43.7. The third-order valence-electron chi connectivity index (χ3n) is 4.78. The second-order valence-corrected chi connectivity index (χ2v) is 9.00. The number of sulfonamides is 1. The third-order valence-corrected chi connectivity index (χ3v) is 6.66. The Morgan fingerprint density at radius 3 is 2.64 bits per heavy atom. The van der Waals surface area contributed by atoms with E-state index in [0.29, 0.717) is 6.54 Å². The first-order valence-electron chi connectivity index (χ1n) is 9.70. The Morgan fingerprint density at radius 2 is 1.94 bits per heavy atom. The lowest BCUT2D eigenvalue weighted by Gasteiger charge is -2.12. The summed E-state index contributed by atoms with van der Waals surface area (Å²) in [6.45, 7) is 2.21. The van der Waals surface area contributed by atoms with E-state index in [2.05, 4.69) is 20.1 Å². The average Bonchev–Trinajstić information content (AvgIpc) is 3.20. The molecule has 33 heavy (non-hydrogen) atoms. The van der Waals surface area contributed by atoms with Gasteiger partial charge in [-0.05, 0) is 37.3 Å². The van der Waals surface area contributed by atoms with Crippen molar-refractivity contribution in [3.8, 4) is 11.1 Å². The van der Waals surface area contributed by atoms with Crippen LogP contribution in [0.15, 0.2) is 59.8 Å². The molecule has 0 atom stereocenters. The van der Waals surface area contributed by atoms with Crippen LogP contribution in [0.5, 0.6) is 0 Å². The van der Waals surface area contributed by atoms with Gasteiger partial charge in [0.2, 0.25) is 0 Å². The van der Waals surface area contributed by atoms with Gasteiger partial charge < -0.3 is 11.1 Å². The molecule has 2 heterocycles. The van der Waals surface area contributed by atoms with E-state index < -0.39 is 15.8 Å². The van der Waals surface area contributed by atoms with Gasteiger partial charge in [-0.3, -0.25) is 9.52 Å². The minimum absolute atomic E-state index is 0.00129. The van der Waals surface area contributed by atoms with Crippen LogP contribution in [0.2, 0.25) is 5.02 Å². The van der Waals surface area contributed by atoms with Gasteiger partial charge >= 0.3 is 0 Å². The largest absolute Gasteiger partial charge is 0.383 e. The Kier molecular flexibility index (Phi) is 5.91. The Bertz CT molecular complexity index is 1490. The summed E-state index contributed by atoms with van der Waals surface area (Å²) in [6.07, 6.45) is 2.66. The van der Waals surface area contributed by atoms with Crippen LogP contribution in [-0.4, -0.2) is 35.5 Å². The van der Waals surface area contributed by atoms with E-state index in [0.717, 1.165) is 6.07 Å². The fraction of sp³-hybridized carbons (Fsp3) is 0.0952. The number of hydrogen-bond donors (Lipinski definition) is 3. The first-order valence-corrected chi connectivity index (χ1v) is 11.6. The zero-order valence-corrected chi connectivity index (χ0v) is 18.8. The fourth-order valence-electron chi connectivity index (χ4n) is 3.24. The van der Waals surface area contributed by atoms with E-state index in [9.17, 15) is 17.6 Å². The quantitative estimate of drug-likeness (QED) is 0.381. The van der Waals surface area contributed by atoms with Gasteiger partial charge in [-0.25, -0.2) is 17.8 Å². The molecule has 9 nitrogen and oxygen atoms in total. The molecule has 12 heteroatoms. The molecule has 0 aliphatic rings. The molecule has 0 saturated carbocycles. The van der Waals surface area contributed by atoms with Crippen LogP contribution in [0.1, 0.15) is 17.3 Å². The third kappa shape index (κ3) is 4.20. The summed E-state index contributed by atoms with van der Waals surface area (Å²) >= 11 is 5.97. The average molecular weight is 489 g/mol. The number of carbonyl (C=O) groups excluding carboxylic acids is 1. The maximum atomic E-state index is 15.0. The number of nitrogens with zero attached hydrogens (tertiary/aromatic N) is 3. The molecule has 0 aliphatic carbocycles. The van der Waals surface area contributed by atoms with Crippen molar-refractivity contribution in [1.29, 1.82) is 0 Å². The van der Waals surface area contributed by atoms with Crippen LogP contribution in [-0.2, 0) is 10.0 Å². The number of benzene rings is 2. The number of fused-ring (bicyclic) bond motifs is 1. The van der Waals surface area contributed by atoms with Gasteiger partial charge in [0.1, 0.15) is 22.1 Å². The smallest absolute Gasteiger partial charge is 0.263 e. The van der Waals surface area contributed by atoms with E-state index in [1.807, 2.05) is 0 Å². The van der Waals surface area contributed by atoms with Crippen molar-refractivity contribution >= 4 is 44.7 Å². The van der Waals surface area contributed by atoms with Crippen LogP contribution in [0, 0.1) is 5.82 Å². The summed E-state index contributed by atoms with van der Waals surface area (Å²) in [4.78, 5) is 16.2. The van der Waals surface area contributed by atoms with Crippen molar-refractivity contribution in [3.63, 3.8) is 0 Å². The summed E-state index contributed by atoms with van der Waals surface area (Å²) in [7, 11) is -4.02. The van der Waals surface area contributed by atoms with Crippen molar-refractivity contribution in [2.45, 2.75) is 11.8 Å². The summed E-state index contributed by atoms with van der Waals surface area (Å²) in [6, 6.07) is 9.70. The minimum Gasteiger partial charge on any atom is -0.383 e. The molecule has 4 N–H and O–H groups in total. The first-order chi connectivity index (χ1) is 15.7. The first kappa shape index (κ1) is 22.5. The number of halogens is 2. The van der Waals surface area contributed by atoms with Crippen LogP contribution < -0.4 is 15.8 Å². The molecule has 0 aliphatic heterocycles. The lowest BCUT2D eigenvalue weighted by Crippen LogP contribution is -2.22. The Hall–Kier alpha value is -3.70. The lowest BCUT2D eigenvalue weighted by molar-refractivity contribution is 0.0957. The second-order valence-electron chi connectivity index (χ2n) is 6.94. The number of rotatable bonds is 6.